The Balaban J connectivity index is 2.25. The molecule has 62 valence electrons. The fourth-order valence-electron chi connectivity index (χ4n) is 1.11. The molecule has 0 spiro atoms. The van der Waals surface area contributed by atoms with Crippen LogP contribution in [0.25, 0.3) is 0 Å². The van der Waals surface area contributed by atoms with Crippen molar-refractivity contribution < 1.29 is 9.90 Å². The largest absolute Gasteiger partial charge is 0.464 e. The van der Waals surface area contributed by atoms with E-state index < -0.39 is 6.09 Å². The summed E-state index contributed by atoms with van der Waals surface area (Å²) in [5, 5.41) is 11.6. The number of carbonyl (C=O) groups is 1. The van der Waals surface area contributed by atoms with Crippen LogP contribution in [0.3, 0.4) is 0 Å². The van der Waals surface area contributed by atoms with Crippen LogP contribution in [0.1, 0.15) is 0 Å². The lowest BCUT2D eigenvalue weighted by atomic mass is 10.2. The number of nitrogens with one attached hydrogen (secondary N) is 1. The smallest absolute Gasteiger partial charge is 0.415 e. The Morgan fingerprint density at radius 1 is 1.75 bits per heavy atom. The zero-order valence-electron chi connectivity index (χ0n) is 6.14. The lowest BCUT2D eigenvalue weighted by Gasteiger charge is -2.17. The molecule has 0 saturated heterocycles. The molecule has 0 aliphatic carbocycles. The molecule has 2 rings (SSSR count). The van der Waals surface area contributed by atoms with Gasteiger partial charge in [0.15, 0.2) is 0 Å². The monoisotopic (exact) mass is 165 g/mol. The van der Waals surface area contributed by atoms with Crippen molar-refractivity contribution in [2.75, 3.05) is 0 Å². The van der Waals surface area contributed by atoms with Crippen molar-refractivity contribution in [2.45, 2.75) is 6.04 Å². The van der Waals surface area contributed by atoms with E-state index in [0.717, 1.165) is 10.6 Å². The highest BCUT2D eigenvalue weighted by Crippen LogP contribution is 2.16. The molecule has 2 aliphatic heterocycles. The van der Waals surface area contributed by atoms with Crippen LogP contribution in [0, 0.1) is 0 Å². The van der Waals surface area contributed by atoms with Crippen LogP contribution in [0.2, 0.25) is 0 Å². The number of aliphatic imine (C=N–C) groups is 1. The minimum absolute atomic E-state index is 0.0422. The summed E-state index contributed by atoms with van der Waals surface area (Å²) in [4.78, 5) is 15.5. The van der Waals surface area contributed by atoms with E-state index in [1.165, 1.54) is 12.4 Å². The summed E-state index contributed by atoms with van der Waals surface area (Å²) in [5.74, 6) is 0. The second kappa shape index (κ2) is 2.37. The average molecular weight is 165 g/mol. The highest BCUT2D eigenvalue weighted by atomic mass is 16.4. The van der Waals surface area contributed by atoms with Crippen LogP contribution in [-0.4, -0.2) is 28.5 Å². The molecule has 5 heteroatoms. The van der Waals surface area contributed by atoms with E-state index in [9.17, 15) is 4.79 Å². The zero-order chi connectivity index (χ0) is 8.55. The molecule has 2 aliphatic rings. The highest BCUT2D eigenvalue weighted by Gasteiger charge is 2.20. The van der Waals surface area contributed by atoms with Crippen molar-refractivity contribution in [3.8, 4) is 0 Å². The number of rotatable bonds is 0. The molecule has 0 fully saturated rings. The maximum Gasteiger partial charge on any atom is 0.415 e. The van der Waals surface area contributed by atoms with E-state index in [1.807, 2.05) is 0 Å². The number of carboxylic acid groups (broad SMARTS) is 1. The molecule has 2 heterocycles. The molecule has 0 aromatic heterocycles. The molecule has 1 amide bonds. The van der Waals surface area contributed by atoms with Crippen LogP contribution in [-0.2, 0) is 0 Å². The van der Waals surface area contributed by atoms with Crippen LogP contribution in [0.5, 0.6) is 0 Å². The Kier molecular flexibility index (Phi) is 1.36. The van der Waals surface area contributed by atoms with Gasteiger partial charge in [0.2, 0.25) is 0 Å². The van der Waals surface area contributed by atoms with E-state index in [1.54, 1.807) is 12.4 Å². The first-order valence-electron chi connectivity index (χ1n) is 3.47. The Morgan fingerprint density at radius 3 is 3.33 bits per heavy atom. The van der Waals surface area contributed by atoms with Crippen molar-refractivity contribution in [1.29, 1.82) is 0 Å². The molecule has 0 aromatic carbocycles. The summed E-state index contributed by atoms with van der Waals surface area (Å²) < 4.78 is 0. The SMILES string of the molecule is O=C(O)N1C=CC2NC=NC2=C1. The van der Waals surface area contributed by atoms with Crippen LogP contribution < -0.4 is 5.32 Å². The van der Waals surface area contributed by atoms with Gasteiger partial charge in [-0.15, -0.1) is 0 Å². The van der Waals surface area contributed by atoms with Gasteiger partial charge in [-0.1, -0.05) is 0 Å². The Morgan fingerprint density at radius 2 is 2.58 bits per heavy atom. The molecule has 2 N–H and O–H groups in total. The van der Waals surface area contributed by atoms with Gasteiger partial charge in [0, 0.05) is 12.4 Å². The summed E-state index contributed by atoms with van der Waals surface area (Å²) in [6, 6.07) is 0.0422. The molecule has 0 aromatic rings. The van der Waals surface area contributed by atoms with Crippen molar-refractivity contribution in [3.05, 3.63) is 24.2 Å². The Bertz CT molecular complexity index is 306. The van der Waals surface area contributed by atoms with Crippen molar-refractivity contribution in [1.82, 2.24) is 10.2 Å². The summed E-state index contributed by atoms with van der Waals surface area (Å²) in [7, 11) is 0. The summed E-state index contributed by atoms with van der Waals surface area (Å²) in [6.07, 6.45) is 5.30. The normalized spacial score (nSPS) is 24.8. The van der Waals surface area contributed by atoms with E-state index >= 15 is 0 Å². The van der Waals surface area contributed by atoms with Crippen LogP contribution >= 0.6 is 0 Å². The molecule has 0 saturated carbocycles. The van der Waals surface area contributed by atoms with Gasteiger partial charge >= 0.3 is 6.09 Å². The van der Waals surface area contributed by atoms with Gasteiger partial charge in [0.05, 0.1) is 18.1 Å². The van der Waals surface area contributed by atoms with Gasteiger partial charge in [-0.05, 0) is 6.08 Å². The van der Waals surface area contributed by atoms with Gasteiger partial charge < -0.3 is 10.4 Å². The first kappa shape index (κ1) is 6.90. The number of nitrogens with zero attached hydrogens (tertiary/aromatic N) is 2. The van der Waals surface area contributed by atoms with Gasteiger partial charge in [-0.3, -0.25) is 4.90 Å². The molecule has 0 bridgehead atoms. The lowest BCUT2D eigenvalue weighted by molar-refractivity contribution is 0.174. The minimum atomic E-state index is -1.00. The van der Waals surface area contributed by atoms with E-state index in [0.29, 0.717) is 0 Å². The van der Waals surface area contributed by atoms with Crippen molar-refractivity contribution in [3.63, 3.8) is 0 Å². The maximum atomic E-state index is 10.5. The Hall–Kier alpha value is -1.78. The van der Waals surface area contributed by atoms with E-state index in [-0.39, 0.29) is 6.04 Å². The first-order chi connectivity index (χ1) is 5.77. The lowest BCUT2D eigenvalue weighted by Crippen LogP contribution is -2.28. The van der Waals surface area contributed by atoms with E-state index in [2.05, 4.69) is 10.3 Å². The molecular weight excluding hydrogens is 158 g/mol. The second-order valence-corrected chi connectivity index (χ2v) is 2.49. The average Bonchev–Trinajstić information content (AvgIpc) is 2.49. The number of hydrogen-bond donors (Lipinski definition) is 2. The predicted octanol–water partition coefficient (Wildman–Crippen LogP) is 0.335. The van der Waals surface area contributed by atoms with Crippen molar-refractivity contribution in [2.24, 2.45) is 4.99 Å². The Labute approximate surface area is 68.7 Å². The second-order valence-electron chi connectivity index (χ2n) is 2.49. The topological polar surface area (TPSA) is 64.9 Å². The first-order valence-corrected chi connectivity index (χ1v) is 3.47. The molecular formula is C7H7N3O2. The molecule has 0 radical (unpaired) electrons. The molecule has 5 nitrogen and oxygen atoms in total. The number of amides is 1. The van der Waals surface area contributed by atoms with Crippen LogP contribution in [0.4, 0.5) is 4.79 Å². The quantitative estimate of drug-likeness (QED) is 0.543. The highest BCUT2D eigenvalue weighted by molar-refractivity contribution is 5.70. The third-order valence-electron chi connectivity index (χ3n) is 1.72. The van der Waals surface area contributed by atoms with Gasteiger partial charge in [-0.2, -0.15) is 0 Å². The fourth-order valence-corrected chi connectivity index (χ4v) is 1.11. The van der Waals surface area contributed by atoms with Gasteiger partial charge in [0.1, 0.15) is 0 Å². The molecule has 12 heavy (non-hydrogen) atoms. The summed E-state index contributed by atoms with van der Waals surface area (Å²) in [6.45, 7) is 0. The summed E-state index contributed by atoms with van der Waals surface area (Å²) in [5.41, 5.74) is 0.722. The minimum Gasteiger partial charge on any atom is -0.464 e. The molecule has 1 atom stereocenters. The summed E-state index contributed by atoms with van der Waals surface area (Å²) >= 11 is 0. The van der Waals surface area contributed by atoms with Crippen LogP contribution in [0.15, 0.2) is 29.2 Å². The maximum absolute atomic E-state index is 10.5. The standard InChI is InChI=1S/C7H7N3O2/c11-7(12)10-2-1-5-6(3-10)9-4-8-5/h1-5H,(H,8,9)(H,11,12). The third kappa shape index (κ3) is 0.952. The zero-order valence-corrected chi connectivity index (χ0v) is 6.14. The molecule has 1 unspecified atom stereocenters. The fraction of sp³-hybridized carbons (Fsp3) is 0.143. The van der Waals surface area contributed by atoms with Gasteiger partial charge in [-0.25, -0.2) is 9.79 Å². The number of fused-ring (bicyclic) bond motifs is 1. The third-order valence-corrected chi connectivity index (χ3v) is 1.72. The number of hydrogen-bond acceptors (Lipinski definition) is 3. The van der Waals surface area contributed by atoms with E-state index in [4.69, 9.17) is 5.11 Å². The van der Waals surface area contributed by atoms with Crippen molar-refractivity contribution >= 4 is 12.4 Å². The van der Waals surface area contributed by atoms with Gasteiger partial charge in [0.25, 0.3) is 0 Å². The predicted molar refractivity (Wildman–Crippen MR) is 42.5 cm³/mol.